The second kappa shape index (κ2) is 8.99. The van der Waals surface area contributed by atoms with Gasteiger partial charge in [0.15, 0.2) is 10.8 Å². The number of ether oxygens (including phenoxy) is 1. The standard InChI is InChI=1S/C22H18BrCl2N3O5S/c1-22(10-13-3-5-14(23)6-4-13)20(30)27(17-8-15(24)7-16(25)9-17)21-26-11-18(28(21)22)34(31,32)12-19(29)33-2/h3-9,11H,10,12H2,1-2H3. The van der Waals surface area contributed by atoms with Crippen LogP contribution in [0.2, 0.25) is 10.0 Å². The van der Waals surface area contributed by atoms with E-state index < -0.39 is 33.0 Å². The maximum Gasteiger partial charge on any atom is 0.321 e. The molecule has 1 aromatic heterocycles. The maximum atomic E-state index is 13.9. The van der Waals surface area contributed by atoms with Crippen molar-refractivity contribution in [2.45, 2.75) is 23.9 Å². The average Bonchev–Trinajstić information content (AvgIpc) is 3.28. The molecule has 12 heteroatoms. The number of methoxy groups -OCH3 is 1. The summed E-state index contributed by atoms with van der Waals surface area (Å²) in [5.74, 6) is -2.16. The van der Waals surface area contributed by atoms with Crippen LogP contribution in [0.1, 0.15) is 12.5 Å². The summed E-state index contributed by atoms with van der Waals surface area (Å²) in [5.41, 5.74) is -0.251. The highest BCUT2D eigenvalue weighted by atomic mass is 79.9. The molecule has 0 N–H and O–H groups in total. The number of amides is 1. The van der Waals surface area contributed by atoms with Gasteiger partial charge in [0.25, 0.3) is 5.91 Å². The van der Waals surface area contributed by atoms with Crippen LogP contribution in [0, 0.1) is 0 Å². The fraction of sp³-hybridized carbons (Fsp3) is 0.227. The molecule has 2 heterocycles. The van der Waals surface area contributed by atoms with Crippen LogP contribution >= 0.6 is 39.1 Å². The number of imidazole rings is 1. The molecule has 8 nitrogen and oxygen atoms in total. The minimum atomic E-state index is -4.18. The molecule has 4 rings (SSSR count). The normalized spacial score (nSPS) is 17.7. The number of benzene rings is 2. The van der Waals surface area contributed by atoms with E-state index in [4.69, 9.17) is 23.2 Å². The lowest BCUT2D eigenvalue weighted by molar-refractivity contribution is -0.137. The summed E-state index contributed by atoms with van der Waals surface area (Å²) in [6.07, 6.45) is 1.30. The van der Waals surface area contributed by atoms with Crippen molar-refractivity contribution < 1.29 is 22.7 Å². The molecule has 34 heavy (non-hydrogen) atoms. The smallest absolute Gasteiger partial charge is 0.321 e. The molecule has 1 atom stereocenters. The first-order valence-corrected chi connectivity index (χ1v) is 13.1. The molecule has 1 aliphatic heterocycles. The summed E-state index contributed by atoms with van der Waals surface area (Å²) in [6, 6.07) is 11.9. The summed E-state index contributed by atoms with van der Waals surface area (Å²) in [7, 11) is -3.08. The maximum absolute atomic E-state index is 13.9. The van der Waals surface area contributed by atoms with E-state index in [-0.39, 0.29) is 17.4 Å². The number of aromatic nitrogens is 2. The number of sulfone groups is 1. The van der Waals surface area contributed by atoms with Crippen LogP contribution < -0.4 is 4.90 Å². The van der Waals surface area contributed by atoms with Gasteiger partial charge in [0.05, 0.1) is 19.0 Å². The predicted octanol–water partition coefficient (Wildman–Crippen LogP) is 4.54. The van der Waals surface area contributed by atoms with Gasteiger partial charge in [-0.2, -0.15) is 0 Å². The first kappa shape index (κ1) is 24.7. The monoisotopic (exact) mass is 585 g/mol. The third kappa shape index (κ3) is 4.35. The van der Waals surface area contributed by atoms with Gasteiger partial charge in [-0.05, 0) is 42.8 Å². The molecule has 0 saturated carbocycles. The van der Waals surface area contributed by atoms with E-state index in [2.05, 4.69) is 25.7 Å². The van der Waals surface area contributed by atoms with Crippen molar-refractivity contribution in [2.24, 2.45) is 0 Å². The number of halogens is 3. The van der Waals surface area contributed by atoms with Gasteiger partial charge < -0.3 is 4.74 Å². The Morgan fingerprint density at radius 1 is 1.15 bits per heavy atom. The van der Waals surface area contributed by atoms with Crippen LogP contribution in [0.3, 0.4) is 0 Å². The quantitative estimate of drug-likeness (QED) is 0.393. The van der Waals surface area contributed by atoms with Crippen molar-refractivity contribution in [1.29, 1.82) is 0 Å². The first-order chi connectivity index (χ1) is 16.0. The van der Waals surface area contributed by atoms with Gasteiger partial charge in [-0.3, -0.25) is 14.2 Å². The zero-order valence-electron chi connectivity index (χ0n) is 18.0. The van der Waals surface area contributed by atoms with Gasteiger partial charge in [0.1, 0.15) is 5.54 Å². The van der Waals surface area contributed by atoms with Crippen molar-refractivity contribution in [2.75, 3.05) is 17.8 Å². The number of carbonyl (C=O) groups excluding carboxylic acids is 2. The Morgan fingerprint density at radius 2 is 1.76 bits per heavy atom. The van der Waals surface area contributed by atoms with Crippen LogP contribution in [0.4, 0.5) is 11.6 Å². The Morgan fingerprint density at radius 3 is 2.35 bits per heavy atom. The zero-order valence-corrected chi connectivity index (χ0v) is 21.9. The molecule has 0 radical (unpaired) electrons. The minimum Gasteiger partial charge on any atom is -0.468 e. The summed E-state index contributed by atoms with van der Waals surface area (Å²) in [4.78, 5) is 31.2. The number of anilines is 2. The third-order valence-corrected chi connectivity index (χ3v) is 8.00. The van der Waals surface area contributed by atoms with E-state index in [0.29, 0.717) is 15.7 Å². The van der Waals surface area contributed by atoms with E-state index in [0.717, 1.165) is 23.3 Å². The predicted molar refractivity (Wildman–Crippen MR) is 131 cm³/mol. The van der Waals surface area contributed by atoms with Crippen molar-refractivity contribution in [1.82, 2.24) is 9.55 Å². The lowest BCUT2D eigenvalue weighted by atomic mass is 9.92. The highest BCUT2D eigenvalue weighted by molar-refractivity contribution is 9.10. The fourth-order valence-corrected chi connectivity index (χ4v) is 6.07. The number of nitrogens with zero attached hydrogens (tertiary/aromatic N) is 3. The lowest BCUT2D eigenvalue weighted by Gasteiger charge is -2.26. The van der Waals surface area contributed by atoms with Gasteiger partial charge in [0.2, 0.25) is 15.8 Å². The van der Waals surface area contributed by atoms with Gasteiger partial charge in [-0.15, -0.1) is 0 Å². The summed E-state index contributed by atoms with van der Waals surface area (Å²) in [5, 5.41) is 0.332. The Labute approximate surface area is 214 Å². The number of hydrogen-bond acceptors (Lipinski definition) is 6. The Hall–Kier alpha value is -2.40. The number of carbonyl (C=O) groups is 2. The average molecular weight is 587 g/mol. The van der Waals surface area contributed by atoms with E-state index in [1.54, 1.807) is 19.1 Å². The Balaban J connectivity index is 1.92. The van der Waals surface area contributed by atoms with E-state index in [1.807, 2.05) is 24.3 Å². The van der Waals surface area contributed by atoms with E-state index >= 15 is 0 Å². The van der Waals surface area contributed by atoms with Crippen LogP contribution in [0.15, 0.2) is 58.2 Å². The van der Waals surface area contributed by atoms with Gasteiger partial charge >= 0.3 is 5.97 Å². The highest BCUT2D eigenvalue weighted by Crippen LogP contribution is 2.44. The molecule has 2 aromatic carbocycles. The second-order valence-corrected chi connectivity index (χ2v) is 11.6. The molecule has 1 aliphatic rings. The molecule has 0 fully saturated rings. The van der Waals surface area contributed by atoms with Crippen molar-refractivity contribution in [3.63, 3.8) is 0 Å². The second-order valence-electron chi connectivity index (χ2n) is 7.91. The fourth-order valence-electron chi connectivity index (χ4n) is 3.94. The Bertz CT molecular complexity index is 1390. The Kier molecular flexibility index (Phi) is 6.54. The molecule has 3 aromatic rings. The van der Waals surface area contributed by atoms with Crippen LogP contribution in [0.5, 0.6) is 0 Å². The van der Waals surface area contributed by atoms with Crippen LogP contribution in [-0.4, -0.2) is 42.7 Å². The summed E-state index contributed by atoms with van der Waals surface area (Å²) >= 11 is 15.7. The van der Waals surface area contributed by atoms with E-state index in [1.165, 1.54) is 15.5 Å². The summed E-state index contributed by atoms with van der Waals surface area (Å²) < 4.78 is 33.0. The summed E-state index contributed by atoms with van der Waals surface area (Å²) in [6.45, 7) is 1.63. The molecule has 1 unspecified atom stereocenters. The number of esters is 1. The van der Waals surface area contributed by atoms with Crippen molar-refractivity contribution in [3.8, 4) is 0 Å². The zero-order chi connectivity index (χ0) is 24.8. The van der Waals surface area contributed by atoms with Gasteiger partial charge in [0, 0.05) is 20.9 Å². The van der Waals surface area contributed by atoms with Crippen LogP contribution in [0.25, 0.3) is 0 Å². The molecule has 0 aliphatic carbocycles. The number of rotatable bonds is 6. The van der Waals surface area contributed by atoms with Crippen molar-refractivity contribution >= 4 is 72.5 Å². The number of hydrogen-bond donors (Lipinski definition) is 0. The highest BCUT2D eigenvalue weighted by Gasteiger charge is 2.51. The first-order valence-electron chi connectivity index (χ1n) is 9.89. The largest absolute Gasteiger partial charge is 0.468 e. The van der Waals surface area contributed by atoms with Gasteiger partial charge in [-0.25, -0.2) is 18.3 Å². The molecule has 0 bridgehead atoms. The lowest BCUT2D eigenvalue weighted by Crippen LogP contribution is -2.42. The SMILES string of the molecule is COC(=O)CS(=O)(=O)c1cnc2n1C(C)(Cc1ccc(Br)cc1)C(=O)N2c1cc(Cl)cc(Cl)c1. The third-order valence-electron chi connectivity index (χ3n) is 5.49. The molecular weight excluding hydrogens is 569 g/mol. The molecule has 0 spiro atoms. The topological polar surface area (TPSA) is 98.6 Å². The van der Waals surface area contributed by atoms with Gasteiger partial charge in [-0.1, -0.05) is 51.3 Å². The molecule has 0 saturated heterocycles. The van der Waals surface area contributed by atoms with E-state index in [9.17, 15) is 18.0 Å². The molecular formula is C22H18BrCl2N3O5S. The van der Waals surface area contributed by atoms with Crippen molar-refractivity contribution in [3.05, 3.63) is 68.7 Å². The minimum absolute atomic E-state index is 0.0754. The molecule has 178 valence electrons. The number of fused-ring (bicyclic) bond motifs is 1. The van der Waals surface area contributed by atoms with Crippen LogP contribution in [-0.2, 0) is 36.1 Å². The molecule has 1 amide bonds.